The van der Waals surface area contributed by atoms with Crippen molar-refractivity contribution in [2.24, 2.45) is 46.3 Å². The monoisotopic (exact) mass is 514 g/mol. The number of amides is 2. The maximum absolute atomic E-state index is 12.3. The van der Waals surface area contributed by atoms with Crippen LogP contribution in [0.5, 0.6) is 0 Å². The van der Waals surface area contributed by atoms with Gasteiger partial charge in [-0.3, -0.25) is 4.79 Å². The fourth-order valence-corrected chi connectivity index (χ4v) is 9.35. The van der Waals surface area contributed by atoms with E-state index in [1.165, 1.54) is 58.3 Å². The van der Waals surface area contributed by atoms with E-state index in [1.54, 1.807) is 5.57 Å². The average molecular weight is 515 g/mol. The maximum Gasteiger partial charge on any atom is 0.407 e. The molecule has 4 unspecified atom stereocenters. The third-order valence-electron chi connectivity index (χ3n) is 11.3. The van der Waals surface area contributed by atoms with Crippen LogP contribution in [-0.2, 0) is 9.53 Å². The molecule has 0 aromatic carbocycles. The highest BCUT2D eigenvalue weighted by Gasteiger charge is 2.59. The number of alkyl carbamates (subject to hydrolysis) is 1. The van der Waals surface area contributed by atoms with Crippen molar-refractivity contribution in [2.75, 3.05) is 13.1 Å². The number of hydrogen-bond acceptors (Lipinski definition) is 3. The van der Waals surface area contributed by atoms with Crippen molar-refractivity contribution in [3.05, 3.63) is 11.6 Å². The highest BCUT2D eigenvalue weighted by atomic mass is 16.6. The summed E-state index contributed by atoms with van der Waals surface area (Å²) < 4.78 is 5.80. The van der Waals surface area contributed by atoms with Gasteiger partial charge < -0.3 is 15.4 Å². The van der Waals surface area contributed by atoms with Crippen molar-refractivity contribution < 1.29 is 14.3 Å². The standard InChI is InChI=1S/C32H54N2O3/c1-21(2)8-7-9-22(3)27-12-13-28-26-11-10-24-20-25(37-30(36)34-19-18-33-23(4)35)14-16-31(24,5)29(26)15-17-32(27,28)6/h10,21-22,25-29H,7-9,11-20H2,1-6H3,(H,33,35)(H,34,36)/t22-,25?,26?,27-,28?,29?,31+,32-/m1/s1. The van der Waals surface area contributed by atoms with Crippen LogP contribution >= 0.6 is 0 Å². The Hall–Kier alpha value is -1.52. The summed E-state index contributed by atoms with van der Waals surface area (Å²) in [4.78, 5) is 23.3. The molecule has 4 rings (SSSR count). The lowest BCUT2D eigenvalue weighted by molar-refractivity contribution is -0.118. The molecule has 5 nitrogen and oxygen atoms in total. The first-order chi connectivity index (χ1) is 17.5. The minimum Gasteiger partial charge on any atom is -0.446 e. The Kier molecular flexibility index (Phi) is 9.01. The van der Waals surface area contributed by atoms with Crippen molar-refractivity contribution in [1.29, 1.82) is 0 Å². The van der Waals surface area contributed by atoms with Crippen molar-refractivity contribution in [1.82, 2.24) is 10.6 Å². The minimum atomic E-state index is -0.360. The van der Waals surface area contributed by atoms with Gasteiger partial charge in [0, 0.05) is 26.4 Å². The Morgan fingerprint density at radius 2 is 1.76 bits per heavy atom. The van der Waals surface area contributed by atoms with Gasteiger partial charge in [-0.15, -0.1) is 0 Å². The molecule has 4 aliphatic carbocycles. The van der Waals surface area contributed by atoms with E-state index in [0.29, 0.717) is 18.5 Å². The summed E-state index contributed by atoms with van der Waals surface area (Å²) in [6.07, 6.45) is 16.2. The summed E-state index contributed by atoms with van der Waals surface area (Å²) in [5, 5.41) is 5.47. The first-order valence-corrected chi connectivity index (χ1v) is 15.4. The molecule has 37 heavy (non-hydrogen) atoms. The predicted octanol–water partition coefficient (Wildman–Crippen LogP) is 7.26. The van der Waals surface area contributed by atoms with E-state index in [2.05, 4.69) is 51.3 Å². The predicted molar refractivity (Wildman–Crippen MR) is 150 cm³/mol. The van der Waals surface area contributed by atoms with Crippen LogP contribution in [0, 0.1) is 46.3 Å². The van der Waals surface area contributed by atoms with Crippen LogP contribution < -0.4 is 10.6 Å². The highest BCUT2D eigenvalue weighted by Crippen LogP contribution is 2.67. The fraction of sp³-hybridized carbons (Fsp3) is 0.875. The first kappa shape index (κ1) is 28.5. The Balaban J connectivity index is 1.35. The molecule has 0 aromatic rings. The number of allylic oxidation sites excluding steroid dienone is 1. The lowest BCUT2D eigenvalue weighted by Gasteiger charge is -2.58. The van der Waals surface area contributed by atoms with E-state index in [-0.39, 0.29) is 23.5 Å². The topological polar surface area (TPSA) is 67.4 Å². The molecule has 5 heteroatoms. The van der Waals surface area contributed by atoms with Gasteiger partial charge in [0.25, 0.3) is 0 Å². The third-order valence-corrected chi connectivity index (χ3v) is 11.3. The number of hydrogen-bond donors (Lipinski definition) is 2. The van der Waals surface area contributed by atoms with Crippen LogP contribution in [0.2, 0.25) is 0 Å². The lowest BCUT2D eigenvalue weighted by Crippen LogP contribution is -2.51. The van der Waals surface area contributed by atoms with Crippen LogP contribution in [0.25, 0.3) is 0 Å². The molecule has 4 aliphatic rings. The molecule has 0 aromatic heterocycles. The van der Waals surface area contributed by atoms with Gasteiger partial charge >= 0.3 is 6.09 Å². The van der Waals surface area contributed by atoms with Crippen molar-refractivity contribution >= 4 is 12.0 Å². The van der Waals surface area contributed by atoms with Gasteiger partial charge in [0.15, 0.2) is 0 Å². The van der Waals surface area contributed by atoms with Crippen molar-refractivity contribution in [2.45, 2.75) is 118 Å². The highest BCUT2D eigenvalue weighted by molar-refractivity contribution is 5.73. The van der Waals surface area contributed by atoms with E-state index < -0.39 is 0 Å². The molecular weight excluding hydrogens is 460 g/mol. The molecular formula is C32H54N2O3. The summed E-state index contributed by atoms with van der Waals surface area (Å²) in [7, 11) is 0. The Morgan fingerprint density at radius 1 is 1.00 bits per heavy atom. The van der Waals surface area contributed by atoms with Gasteiger partial charge in [0.05, 0.1) is 0 Å². The van der Waals surface area contributed by atoms with Gasteiger partial charge in [-0.05, 0) is 91.3 Å². The smallest absolute Gasteiger partial charge is 0.407 e. The largest absolute Gasteiger partial charge is 0.446 e. The number of carbonyl (C=O) groups excluding carboxylic acids is 2. The summed E-state index contributed by atoms with van der Waals surface area (Å²) in [5.41, 5.74) is 2.35. The maximum atomic E-state index is 12.3. The summed E-state index contributed by atoms with van der Waals surface area (Å²) in [6.45, 7) is 14.8. The van der Waals surface area contributed by atoms with Crippen LogP contribution in [-0.4, -0.2) is 31.2 Å². The van der Waals surface area contributed by atoms with Gasteiger partial charge in [-0.25, -0.2) is 4.79 Å². The summed E-state index contributed by atoms with van der Waals surface area (Å²) in [6, 6.07) is 0. The molecule has 0 heterocycles. The van der Waals surface area contributed by atoms with Crippen LogP contribution in [0.15, 0.2) is 11.6 Å². The number of carbonyl (C=O) groups is 2. The second kappa shape index (κ2) is 11.7. The molecule has 0 spiro atoms. The quantitative estimate of drug-likeness (QED) is 0.251. The molecule has 210 valence electrons. The number of nitrogens with one attached hydrogen (secondary N) is 2. The number of rotatable bonds is 9. The number of ether oxygens (including phenoxy) is 1. The van der Waals surface area contributed by atoms with Crippen molar-refractivity contribution in [3.8, 4) is 0 Å². The van der Waals surface area contributed by atoms with Gasteiger partial charge in [-0.1, -0.05) is 65.5 Å². The Labute approximate surface area is 226 Å². The molecule has 8 atom stereocenters. The Morgan fingerprint density at radius 3 is 2.49 bits per heavy atom. The van der Waals surface area contributed by atoms with E-state index in [4.69, 9.17) is 4.74 Å². The molecule has 0 bridgehead atoms. The fourth-order valence-electron chi connectivity index (χ4n) is 9.35. The summed E-state index contributed by atoms with van der Waals surface area (Å²) in [5.74, 6) is 4.98. The SMILES string of the molecule is CC(=O)NCCNC(=O)OC1CC[C@@]2(C)C(=CCC3C2CC[C@@]2(C)C3CC[C@@H]2[C@H](C)CCCC(C)C)C1. The normalized spacial score (nSPS) is 37.6. The lowest BCUT2D eigenvalue weighted by atomic mass is 9.47. The molecule has 3 saturated carbocycles. The zero-order valence-corrected chi connectivity index (χ0v) is 24.5. The van der Waals surface area contributed by atoms with Crippen LogP contribution in [0.4, 0.5) is 4.79 Å². The van der Waals surface area contributed by atoms with Crippen LogP contribution in [0.3, 0.4) is 0 Å². The number of fused-ring (bicyclic) bond motifs is 5. The van der Waals surface area contributed by atoms with Crippen LogP contribution in [0.1, 0.15) is 112 Å². The molecule has 2 N–H and O–H groups in total. The Bertz CT molecular complexity index is 853. The van der Waals surface area contributed by atoms with E-state index in [1.807, 2.05) is 0 Å². The first-order valence-electron chi connectivity index (χ1n) is 15.4. The summed E-state index contributed by atoms with van der Waals surface area (Å²) >= 11 is 0. The average Bonchev–Trinajstić information content (AvgIpc) is 3.19. The molecule has 0 saturated heterocycles. The molecule has 2 amide bonds. The zero-order valence-electron chi connectivity index (χ0n) is 24.5. The van der Waals surface area contributed by atoms with E-state index in [9.17, 15) is 9.59 Å². The second-order valence-corrected chi connectivity index (χ2v) is 14.0. The van der Waals surface area contributed by atoms with Crippen molar-refractivity contribution in [3.63, 3.8) is 0 Å². The minimum absolute atomic E-state index is 0.0342. The molecule has 3 fully saturated rings. The molecule has 0 radical (unpaired) electrons. The van der Waals surface area contributed by atoms with E-state index >= 15 is 0 Å². The van der Waals surface area contributed by atoms with Gasteiger partial charge in [0.1, 0.15) is 6.10 Å². The van der Waals surface area contributed by atoms with E-state index in [0.717, 1.165) is 54.8 Å². The van der Waals surface area contributed by atoms with Gasteiger partial charge in [-0.2, -0.15) is 0 Å². The third kappa shape index (κ3) is 6.06. The zero-order chi connectivity index (χ0) is 26.8. The van der Waals surface area contributed by atoms with Gasteiger partial charge in [0.2, 0.25) is 5.91 Å². The second-order valence-electron chi connectivity index (χ2n) is 14.0. The molecule has 0 aliphatic heterocycles.